The standard InChI is InChI=1S/C21H32O3/c1-4-5-7-20-12-24-11-13(2)16(20)10-18(22)21-8-6-15(9-17(20)21)14(3)19(21)23/h13,15-18,22H,3-12H2,1-2H3/t13?,15-,16?,17?,18+,20-,21+/m0/s1. The number of hydrogen-bond acceptors (Lipinski definition) is 3. The minimum Gasteiger partial charge on any atom is -0.392 e. The lowest BCUT2D eigenvalue weighted by atomic mass is 9.38. The average molecular weight is 332 g/mol. The number of aliphatic hydroxyl groups is 1. The number of carbonyl (C=O) groups excluding carboxylic acids is 1. The molecule has 2 bridgehead atoms. The van der Waals surface area contributed by atoms with Crippen LogP contribution in [0.2, 0.25) is 0 Å². The highest BCUT2D eigenvalue weighted by atomic mass is 16.5. The predicted molar refractivity (Wildman–Crippen MR) is 93.5 cm³/mol. The van der Waals surface area contributed by atoms with Crippen LogP contribution in [0.15, 0.2) is 12.2 Å². The lowest BCUT2D eigenvalue weighted by Crippen LogP contribution is -2.69. The van der Waals surface area contributed by atoms with Crippen molar-refractivity contribution < 1.29 is 14.6 Å². The van der Waals surface area contributed by atoms with Crippen LogP contribution in [0, 0.1) is 34.5 Å². The first-order valence-corrected chi connectivity index (χ1v) is 9.96. The molecule has 3 nitrogen and oxygen atoms in total. The van der Waals surface area contributed by atoms with Crippen molar-refractivity contribution in [3.8, 4) is 0 Å². The Morgan fingerprint density at radius 1 is 1.38 bits per heavy atom. The smallest absolute Gasteiger partial charge is 0.167 e. The minimum absolute atomic E-state index is 0.0853. The second-order valence-electron chi connectivity index (χ2n) is 9.11. The van der Waals surface area contributed by atoms with E-state index in [1.807, 2.05) is 0 Å². The molecule has 0 radical (unpaired) electrons. The van der Waals surface area contributed by atoms with E-state index in [-0.39, 0.29) is 17.1 Å². The molecule has 1 heterocycles. The van der Waals surface area contributed by atoms with E-state index in [2.05, 4.69) is 20.4 Å². The Balaban J connectivity index is 1.81. The van der Waals surface area contributed by atoms with Crippen molar-refractivity contribution >= 4 is 5.78 Å². The molecule has 24 heavy (non-hydrogen) atoms. The van der Waals surface area contributed by atoms with Gasteiger partial charge in [0.15, 0.2) is 5.78 Å². The fourth-order valence-electron chi connectivity index (χ4n) is 7.01. The number of ether oxygens (including phenoxy) is 1. The van der Waals surface area contributed by atoms with Gasteiger partial charge in [-0.1, -0.05) is 33.3 Å². The summed E-state index contributed by atoms with van der Waals surface area (Å²) in [6, 6.07) is 0. The Morgan fingerprint density at radius 3 is 2.92 bits per heavy atom. The van der Waals surface area contributed by atoms with Gasteiger partial charge in [0, 0.05) is 12.0 Å². The molecule has 0 aromatic rings. The molecule has 0 amide bonds. The summed E-state index contributed by atoms with van der Waals surface area (Å²) in [5.41, 5.74) is 0.323. The average Bonchev–Trinajstić information content (AvgIpc) is 2.59. The van der Waals surface area contributed by atoms with Crippen molar-refractivity contribution in [2.24, 2.45) is 34.5 Å². The minimum atomic E-state index is -0.559. The second kappa shape index (κ2) is 5.67. The van der Waals surface area contributed by atoms with Crippen molar-refractivity contribution in [1.82, 2.24) is 0 Å². The zero-order valence-corrected chi connectivity index (χ0v) is 15.2. The van der Waals surface area contributed by atoms with Gasteiger partial charge in [-0.2, -0.15) is 0 Å². The van der Waals surface area contributed by atoms with Crippen molar-refractivity contribution in [2.45, 2.75) is 64.9 Å². The van der Waals surface area contributed by atoms with E-state index in [1.54, 1.807) is 0 Å². The van der Waals surface area contributed by atoms with Crippen LogP contribution in [-0.2, 0) is 9.53 Å². The van der Waals surface area contributed by atoms with Crippen molar-refractivity contribution in [2.75, 3.05) is 13.2 Å². The number of fused-ring (bicyclic) bond motifs is 3. The number of ketones is 1. The van der Waals surface area contributed by atoms with E-state index in [0.29, 0.717) is 17.8 Å². The molecule has 0 aromatic carbocycles. The van der Waals surface area contributed by atoms with Gasteiger partial charge in [-0.05, 0) is 61.3 Å². The molecule has 0 aromatic heterocycles. The molecule has 1 spiro atoms. The number of hydrogen-bond donors (Lipinski definition) is 1. The van der Waals surface area contributed by atoms with Crippen molar-refractivity contribution in [3.05, 3.63) is 12.2 Å². The van der Waals surface area contributed by atoms with Crippen LogP contribution in [-0.4, -0.2) is 30.2 Å². The molecule has 3 heteroatoms. The van der Waals surface area contributed by atoms with E-state index in [4.69, 9.17) is 4.74 Å². The highest BCUT2D eigenvalue weighted by Gasteiger charge is 2.69. The molecule has 4 saturated carbocycles. The highest BCUT2D eigenvalue weighted by Crippen LogP contribution is 2.68. The Morgan fingerprint density at radius 2 is 2.17 bits per heavy atom. The van der Waals surface area contributed by atoms with E-state index in [0.717, 1.165) is 50.9 Å². The number of Topliss-reactive ketones (excluding diaryl/α,β-unsaturated/α-hetero) is 1. The number of aliphatic hydroxyl groups excluding tert-OH is 1. The Bertz CT molecular complexity index is 555. The van der Waals surface area contributed by atoms with Gasteiger partial charge in [0.1, 0.15) is 0 Å². The molecule has 134 valence electrons. The van der Waals surface area contributed by atoms with Gasteiger partial charge < -0.3 is 9.84 Å². The second-order valence-corrected chi connectivity index (χ2v) is 9.11. The third-order valence-corrected chi connectivity index (χ3v) is 8.19. The van der Waals surface area contributed by atoms with Gasteiger partial charge in [-0.25, -0.2) is 0 Å². The lowest BCUT2D eigenvalue weighted by Gasteiger charge is -2.67. The summed E-state index contributed by atoms with van der Waals surface area (Å²) in [6.45, 7) is 10.2. The predicted octanol–water partition coefficient (Wildman–Crippen LogP) is 3.75. The summed E-state index contributed by atoms with van der Waals surface area (Å²) in [7, 11) is 0. The first-order valence-electron chi connectivity index (χ1n) is 9.96. The molecule has 5 aliphatic rings. The van der Waals surface area contributed by atoms with E-state index >= 15 is 0 Å². The van der Waals surface area contributed by atoms with Crippen LogP contribution in [0.25, 0.3) is 0 Å². The molecule has 1 aliphatic heterocycles. The molecular formula is C21H32O3. The third kappa shape index (κ3) is 1.94. The van der Waals surface area contributed by atoms with Crippen LogP contribution in [0.4, 0.5) is 0 Å². The van der Waals surface area contributed by atoms with Crippen LogP contribution in [0.1, 0.15) is 58.8 Å². The van der Waals surface area contributed by atoms with Crippen molar-refractivity contribution in [3.63, 3.8) is 0 Å². The van der Waals surface area contributed by atoms with E-state index < -0.39 is 11.5 Å². The molecule has 3 unspecified atom stereocenters. The molecule has 5 rings (SSSR count). The first-order chi connectivity index (χ1) is 11.5. The van der Waals surface area contributed by atoms with Crippen molar-refractivity contribution in [1.29, 1.82) is 0 Å². The van der Waals surface area contributed by atoms with Gasteiger partial charge in [0.25, 0.3) is 0 Å². The SMILES string of the molecule is C=C1C(=O)[C@]23CC[C@H]1CC2[C@@]1(CCCC)COCC(C)C1C[C@H]3O. The fourth-order valence-corrected chi connectivity index (χ4v) is 7.01. The molecule has 1 saturated heterocycles. The third-order valence-electron chi connectivity index (χ3n) is 8.19. The van der Waals surface area contributed by atoms with Crippen LogP contribution in [0.5, 0.6) is 0 Å². The fraction of sp³-hybridized carbons (Fsp3) is 0.857. The Hall–Kier alpha value is -0.670. The summed E-state index contributed by atoms with van der Waals surface area (Å²) in [5, 5.41) is 11.2. The monoisotopic (exact) mass is 332 g/mol. The summed E-state index contributed by atoms with van der Waals surface area (Å²) < 4.78 is 6.09. The van der Waals surface area contributed by atoms with Gasteiger partial charge in [-0.15, -0.1) is 0 Å². The van der Waals surface area contributed by atoms with E-state index in [9.17, 15) is 9.90 Å². The zero-order valence-electron chi connectivity index (χ0n) is 15.2. The van der Waals surface area contributed by atoms with Gasteiger partial charge in [0.05, 0.1) is 18.1 Å². The quantitative estimate of drug-likeness (QED) is 0.801. The molecule has 7 atom stereocenters. The van der Waals surface area contributed by atoms with Gasteiger partial charge >= 0.3 is 0 Å². The Kier molecular flexibility index (Phi) is 3.96. The maximum Gasteiger partial charge on any atom is 0.167 e. The molecule has 5 fully saturated rings. The summed E-state index contributed by atoms with van der Waals surface area (Å²) in [6.07, 6.45) is 6.72. The highest BCUT2D eigenvalue weighted by molar-refractivity contribution is 6.02. The van der Waals surface area contributed by atoms with Crippen LogP contribution >= 0.6 is 0 Å². The number of rotatable bonds is 3. The maximum absolute atomic E-state index is 13.2. The molecule has 1 N–H and O–H groups in total. The lowest BCUT2D eigenvalue weighted by molar-refractivity contribution is -0.234. The topological polar surface area (TPSA) is 46.5 Å². The summed E-state index contributed by atoms with van der Waals surface area (Å²) >= 11 is 0. The molecule has 4 aliphatic carbocycles. The number of allylic oxidation sites excluding steroid dienone is 1. The first kappa shape index (κ1) is 16.8. The maximum atomic E-state index is 13.2. The van der Waals surface area contributed by atoms with Crippen LogP contribution < -0.4 is 0 Å². The summed E-state index contributed by atoms with van der Waals surface area (Å²) in [4.78, 5) is 13.2. The summed E-state index contributed by atoms with van der Waals surface area (Å²) in [5.74, 6) is 1.77. The van der Waals surface area contributed by atoms with E-state index in [1.165, 1.54) is 12.8 Å². The van der Waals surface area contributed by atoms with Gasteiger partial charge in [-0.3, -0.25) is 4.79 Å². The number of carbonyl (C=O) groups is 1. The largest absolute Gasteiger partial charge is 0.392 e. The number of unbranched alkanes of at least 4 members (excludes halogenated alkanes) is 1. The molecular weight excluding hydrogens is 300 g/mol. The van der Waals surface area contributed by atoms with Gasteiger partial charge in [0.2, 0.25) is 0 Å². The zero-order chi connectivity index (χ0) is 17.1. The Labute approximate surface area is 145 Å². The normalized spacial score (nSPS) is 50.5. The van der Waals surface area contributed by atoms with Crippen LogP contribution in [0.3, 0.4) is 0 Å².